The highest BCUT2D eigenvalue weighted by atomic mass is 32.1. The molecular weight excluding hydrogens is 324 g/mol. The first-order valence-corrected chi connectivity index (χ1v) is 8.88. The van der Waals surface area contributed by atoms with Gasteiger partial charge in [-0.1, -0.05) is 6.07 Å². The fourth-order valence-corrected chi connectivity index (χ4v) is 3.25. The first-order chi connectivity index (χ1) is 11.6. The number of carbonyl (C=O) groups excluding carboxylic acids is 2. The maximum atomic E-state index is 12.4. The lowest BCUT2D eigenvalue weighted by molar-refractivity contribution is 0.0763. The Hall–Kier alpha value is -2.41. The van der Waals surface area contributed by atoms with Gasteiger partial charge in [-0.25, -0.2) is 9.78 Å². The van der Waals surface area contributed by atoms with Crippen LogP contribution in [0.2, 0.25) is 0 Å². The van der Waals surface area contributed by atoms with Crippen molar-refractivity contribution in [1.29, 1.82) is 0 Å². The van der Waals surface area contributed by atoms with E-state index in [-0.39, 0.29) is 11.9 Å². The van der Waals surface area contributed by atoms with Gasteiger partial charge in [0.05, 0.1) is 5.56 Å². The second-order valence-corrected chi connectivity index (χ2v) is 6.58. The highest BCUT2D eigenvalue weighted by Gasteiger charge is 2.23. The van der Waals surface area contributed by atoms with Crippen LogP contribution in [0.4, 0.5) is 10.6 Å². The highest BCUT2D eigenvalue weighted by Crippen LogP contribution is 2.13. The fraction of sp³-hybridized carbons (Fsp3) is 0.353. The summed E-state index contributed by atoms with van der Waals surface area (Å²) in [6.45, 7) is 4.32. The molecule has 0 spiro atoms. The molecule has 2 aromatic rings. The molecule has 0 aliphatic carbocycles. The van der Waals surface area contributed by atoms with Gasteiger partial charge in [0.1, 0.15) is 5.82 Å². The molecule has 1 N–H and O–H groups in total. The van der Waals surface area contributed by atoms with Gasteiger partial charge in [0, 0.05) is 37.8 Å². The predicted octanol–water partition coefficient (Wildman–Crippen LogP) is 2.83. The van der Waals surface area contributed by atoms with Crippen molar-refractivity contribution in [3.63, 3.8) is 0 Å². The highest BCUT2D eigenvalue weighted by molar-refractivity contribution is 7.08. The monoisotopic (exact) mass is 344 g/mol. The number of rotatable bonds is 2. The lowest BCUT2D eigenvalue weighted by Crippen LogP contribution is -2.39. The molecule has 1 fully saturated rings. The third kappa shape index (κ3) is 3.91. The number of pyridine rings is 1. The summed E-state index contributed by atoms with van der Waals surface area (Å²) in [6, 6.07) is 5.37. The second-order valence-electron chi connectivity index (χ2n) is 5.80. The fourth-order valence-electron chi connectivity index (χ4n) is 2.62. The number of anilines is 1. The van der Waals surface area contributed by atoms with Gasteiger partial charge in [-0.05, 0) is 36.4 Å². The summed E-state index contributed by atoms with van der Waals surface area (Å²) in [7, 11) is 0. The quantitative estimate of drug-likeness (QED) is 0.911. The molecular formula is C17H20N4O2S. The number of urea groups is 1. The molecule has 6 nitrogen and oxygen atoms in total. The maximum Gasteiger partial charge on any atom is 0.323 e. The van der Waals surface area contributed by atoms with Crippen molar-refractivity contribution in [3.8, 4) is 0 Å². The van der Waals surface area contributed by atoms with E-state index in [0.717, 1.165) is 17.5 Å². The van der Waals surface area contributed by atoms with Gasteiger partial charge in [0.15, 0.2) is 0 Å². The predicted molar refractivity (Wildman–Crippen MR) is 94.4 cm³/mol. The summed E-state index contributed by atoms with van der Waals surface area (Å²) in [5.41, 5.74) is 1.77. The van der Waals surface area contributed by atoms with Gasteiger partial charge in [-0.3, -0.25) is 10.1 Å². The molecule has 0 radical (unpaired) electrons. The lowest BCUT2D eigenvalue weighted by Gasteiger charge is -2.22. The summed E-state index contributed by atoms with van der Waals surface area (Å²) < 4.78 is 0. The third-order valence-electron chi connectivity index (χ3n) is 3.98. The molecule has 0 atom stereocenters. The third-order valence-corrected chi connectivity index (χ3v) is 4.67. The van der Waals surface area contributed by atoms with E-state index in [0.29, 0.717) is 32.0 Å². The zero-order valence-corrected chi connectivity index (χ0v) is 14.4. The van der Waals surface area contributed by atoms with Crippen molar-refractivity contribution in [2.75, 3.05) is 31.5 Å². The van der Waals surface area contributed by atoms with Gasteiger partial charge < -0.3 is 9.80 Å². The summed E-state index contributed by atoms with van der Waals surface area (Å²) >= 11 is 1.52. The molecule has 0 unspecified atom stereocenters. The topological polar surface area (TPSA) is 65.5 Å². The van der Waals surface area contributed by atoms with Crippen molar-refractivity contribution in [1.82, 2.24) is 14.8 Å². The van der Waals surface area contributed by atoms with E-state index in [9.17, 15) is 9.59 Å². The number of nitrogens with one attached hydrogen (secondary N) is 1. The van der Waals surface area contributed by atoms with E-state index >= 15 is 0 Å². The minimum atomic E-state index is -0.170. The van der Waals surface area contributed by atoms with Crippen molar-refractivity contribution >= 4 is 29.1 Å². The van der Waals surface area contributed by atoms with Gasteiger partial charge in [-0.2, -0.15) is 11.3 Å². The lowest BCUT2D eigenvalue weighted by atomic mass is 10.3. The van der Waals surface area contributed by atoms with Crippen molar-refractivity contribution in [2.24, 2.45) is 0 Å². The van der Waals surface area contributed by atoms with Crippen LogP contribution in [-0.4, -0.2) is 52.9 Å². The number of carbonyl (C=O) groups is 2. The number of nitrogens with zero attached hydrogens (tertiary/aromatic N) is 3. The Bertz CT molecular complexity index is 700. The standard InChI is InChI=1S/C17H20N4O2S/c1-13-3-4-15(18-11-13)19-17(23)21-7-2-6-20(8-9-21)16(22)14-5-10-24-12-14/h3-5,10-12H,2,6-9H2,1H3,(H,18,19,23). The molecule has 1 saturated heterocycles. The first-order valence-electron chi connectivity index (χ1n) is 7.93. The molecule has 1 aliphatic rings. The Labute approximate surface area is 145 Å². The Morgan fingerprint density at radius 1 is 1.12 bits per heavy atom. The van der Waals surface area contributed by atoms with Crippen LogP contribution in [-0.2, 0) is 0 Å². The van der Waals surface area contributed by atoms with Crippen LogP contribution < -0.4 is 5.32 Å². The minimum absolute atomic E-state index is 0.0405. The van der Waals surface area contributed by atoms with E-state index < -0.39 is 0 Å². The van der Waals surface area contributed by atoms with Crippen LogP contribution in [0, 0.1) is 6.92 Å². The number of hydrogen-bond acceptors (Lipinski definition) is 4. The Balaban J connectivity index is 1.57. The van der Waals surface area contributed by atoms with Gasteiger partial charge in [0.25, 0.3) is 5.91 Å². The first kappa shape index (κ1) is 16.4. The molecule has 126 valence electrons. The van der Waals surface area contributed by atoms with Gasteiger partial charge in [0.2, 0.25) is 0 Å². The molecule has 3 heterocycles. The zero-order chi connectivity index (χ0) is 16.9. The molecule has 0 saturated carbocycles. The van der Waals surface area contributed by atoms with E-state index in [4.69, 9.17) is 0 Å². The van der Waals surface area contributed by atoms with Crippen LogP contribution in [0.3, 0.4) is 0 Å². The largest absolute Gasteiger partial charge is 0.337 e. The molecule has 3 amide bonds. The molecule has 7 heteroatoms. The van der Waals surface area contributed by atoms with Crippen LogP contribution >= 0.6 is 11.3 Å². The summed E-state index contributed by atoms with van der Waals surface area (Å²) in [6.07, 6.45) is 2.49. The number of thiophene rings is 1. The Morgan fingerprint density at radius 3 is 2.62 bits per heavy atom. The number of hydrogen-bond donors (Lipinski definition) is 1. The van der Waals surface area contributed by atoms with Gasteiger partial charge in [-0.15, -0.1) is 0 Å². The number of aryl methyl sites for hydroxylation is 1. The molecule has 2 aromatic heterocycles. The summed E-state index contributed by atoms with van der Waals surface area (Å²) in [4.78, 5) is 32.5. The van der Waals surface area contributed by atoms with E-state index in [1.807, 2.05) is 34.7 Å². The van der Waals surface area contributed by atoms with E-state index in [1.54, 1.807) is 17.2 Å². The normalized spacial score (nSPS) is 15.0. The number of aromatic nitrogens is 1. The molecule has 0 bridgehead atoms. The Kier molecular flexibility index (Phi) is 5.10. The van der Waals surface area contributed by atoms with Crippen LogP contribution in [0.5, 0.6) is 0 Å². The van der Waals surface area contributed by atoms with Crippen molar-refractivity contribution in [2.45, 2.75) is 13.3 Å². The minimum Gasteiger partial charge on any atom is -0.337 e. The second kappa shape index (κ2) is 7.44. The van der Waals surface area contributed by atoms with Crippen molar-refractivity contribution < 1.29 is 9.59 Å². The zero-order valence-electron chi connectivity index (χ0n) is 13.6. The molecule has 1 aliphatic heterocycles. The Morgan fingerprint density at radius 2 is 1.92 bits per heavy atom. The number of amides is 3. The summed E-state index contributed by atoms with van der Waals surface area (Å²) in [5, 5.41) is 6.58. The average molecular weight is 344 g/mol. The maximum absolute atomic E-state index is 12.4. The summed E-state index contributed by atoms with van der Waals surface area (Å²) in [5.74, 6) is 0.583. The molecule has 24 heavy (non-hydrogen) atoms. The van der Waals surface area contributed by atoms with Crippen LogP contribution in [0.15, 0.2) is 35.2 Å². The smallest absolute Gasteiger partial charge is 0.323 e. The van der Waals surface area contributed by atoms with Crippen molar-refractivity contribution in [3.05, 3.63) is 46.3 Å². The van der Waals surface area contributed by atoms with Crippen LogP contribution in [0.25, 0.3) is 0 Å². The van der Waals surface area contributed by atoms with Gasteiger partial charge >= 0.3 is 6.03 Å². The van der Waals surface area contributed by atoms with E-state index in [2.05, 4.69) is 10.3 Å². The van der Waals surface area contributed by atoms with Crippen LogP contribution in [0.1, 0.15) is 22.3 Å². The molecule has 3 rings (SSSR count). The van der Waals surface area contributed by atoms with E-state index in [1.165, 1.54) is 11.3 Å². The average Bonchev–Trinajstić information content (AvgIpc) is 3.00. The SMILES string of the molecule is Cc1ccc(NC(=O)N2CCCN(C(=O)c3ccsc3)CC2)nc1. The molecule has 0 aromatic carbocycles.